The summed E-state index contributed by atoms with van der Waals surface area (Å²) in [5.41, 5.74) is 7.01. The molecule has 1 aromatic rings. The van der Waals surface area contributed by atoms with E-state index in [-0.39, 0.29) is 35.2 Å². The van der Waals surface area contributed by atoms with Crippen LogP contribution in [-0.2, 0) is 5.41 Å². The fourth-order valence-corrected chi connectivity index (χ4v) is 2.49. The van der Waals surface area contributed by atoms with Gasteiger partial charge in [0.2, 0.25) is 0 Å². The van der Waals surface area contributed by atoms with Crippen molar-refractivity contribution in [1.29, 1.82) is 0 Å². The van der Waals surface area contributed by atoms with Gasteiger partial charge in [-0.2, -0.15) is 0 Å². The standard InChI is InChI=1S/C16H24FN3.HI/c1-16(2,13-6-8-14(17)9-7-13)12-19-15(18)20-10-4-3-5-11-20;/h6-9H,3-5,10-12H2,1-2H3,(H2,18,19);1H. The molecule has 118 valence electrons. The molecule has 1 aliphatic heterocycles. The third-order valence-electron chi connectivity index (χ3n) is 3.94. The summed E-state index contributed by atoms with van der Waals surface area (Å²) >= 11 is 0. The first-order chi connectivity index (χ1) is 9.49. The van der Waals surface area contributed by atoms with E-state index in [1.807, 2.05) is 12.1 Å². The van der Waals surface area contributed by atoms with Crippen LogP contribution in [0.25, 0.3) is 0 Å². The molecule has 0 aliphatic carbocycles. The molecule has 5 heteroatoms. The first-order valence-electron chi connectivity index (χ1n) is 7.30. The lowest BCUT2D eigenvalue weighted by Gasteiger charge is -2.29. The second kappa shape index (κ2) is 7.96. The number of guanidine groups is 1. The summed E-state index contributed by atoms with van der Waals surface area (Å²) in [6.45, 7) is 6.83. The molecule has 2 rings (SSSR count). The Morgan fingerprint density at radius 2 is 1.76 bits per heavy atom. The number of hydrogen-bond donors (Lipinski definition) is 1. The first-order valence-corrected chi connectivity index (χ1v) is 7.30. The molecule has 0 atom stereocenters. The molecule has 1 aliphatic rings. The second-order valence-corrected chi connectivity index (χ2v) is 6.11. The molecule has 1 fully saturated rings. The zero-order valence-electron chi connectivity index (χ0n) is 12.8. The van der Waals surface area contributed by atoms with Gasteiger partial charge in [-0.1, -0.05) is 26.0 Å². The average Bonchev–Trinajstić information content (AvgIpc) is 2.46. The fraction of sp³-hybridized carbons (Fsp3) is 0.562. The minimum Gasteiger partial charge on any atom is -0.370 e. The van der Waals surface area contributed by atoms with Crippen LogP contribution in [0.2, 0.25) is 0 Å². The number of hydrogen-bond acceptors (Lipinski definition) is 1. The third kappa shape index (κ3) is 5.13. The number of aliphatic imine (C=N–C) groups is 1. The molecule has 1 heterocycles. The van der Waals surface area contributed by atoms with E-state index in [9.17, 15) is 4.39 Å². The maximum absolute atomic E-state index is 13.0. The van der Waals surface area contributed by atoms with Crippen molar-refractivity contribution < 1.29 is 4.39 Å². The van der Waals surface area contributed by atoms with Gasteiger partial charge >= 0.3 is 0 Å². The number of nitrogens with two attached hydrogens (primary N) is 1. The van der Waals surface area contributed by atoms with E-state index in [2.05, 4.69) is 23.7 Å². The van der Waals surface area contributed by atoms with Crippen molar-refractivity contribution in [2.24, 2.45) is 10.7 Å². The first kappa shape index (κ1) is 18.2. The smallest absolute Gasteiger partial charge is 0.191 e. The summed E-state index contributed by atoms with van der Waals surface area (Å²) in [6.07, 6.45) is 3.67. The maximum Gasteiger partial charge on any atom is 0.191 e. The summed E-state index contributed by atoms with van der Waals surface area (Å²) in [6, 6.07) is 6.63. The maximum atomic E-state index is 13.0. The highest BCUT2D eigenvalue weighted by molar-refractivity contribution is 14.0. The molecular weight excluding hydrogens is 380 g/mol. The van der Waals surface area contributed by atoms with E-state index in [4.69, 9.17) is 5.73 Å². The highest BCUT2D eigenvalue weighted by Gasteiger charge is 2.21. The minimum absolute atomic E-state index is 0. The lowest BCUT2D eigenvalue weighted by atomic mass is 9.85. The van der Waals surface area contributed by atoms with Gasteiger partial charge in [0.1, 0.15) is 5.82 Å². The molecule has 0 radical (unpaired) electrons. The van der Waals surface area contributed by atoms with Gasteiger partial charge in [0.15, 0.2) is 5.96 Å². The summed E-state index contributed by atoms with van der Waals surface area (Å²) < 4.78 is 13.0. The van der Waals surface area contributed by atoms with Crippen molar-refractivity contribution in [2.75, 3.05) is 19.6 Å². The van der Waals surface area contributed by atoms with Crippen LogP contribution in [0.15, 0.2) is 29.3 Å². The third-order valence-corrected chi connectivity index (χ3v) is 3.94. The molecule has 0 spiro atoms. The Morgan fingerprint density at radius 1 is 1.19 bits per heavy atom. The van der Waals surface area contributed by atoms with E-state index >= 15 is 0 Å². The molecule has 2 N–H and O–H groups in total. The Morgan fingerprint density at radius 3 is 2.33 bits per heavy atom. The molecule has 1 aromatic carbocycles. The molecule has 1 saturated heterocycles. The normalized spacial score (nSPS) is 16.5. The van der Waals surface area contributed by atoms with Gasteiger partial charge in [-0.25, -0.2) is 4.39 Å². The van der Waals surface area contributed by atoms with Crippen LogP contribution in [0.4, 0.5) is 4.39 Å². The molecule has 0 aromatic heterocycles. The molecule has 0 saturated carbocycles. The summed E-state index contributed by atoms with van der Waals surface area (Å²) in [7, 11) is 0. The number of rotatable bonds is 3. The Balaban J connectivity index is 0.00000220. The van der Waals surface area contributed by atoms with Crippen LogP contribution < -0.4 is 5.73 Å². The van der Waals surface area contributed by atoms with Crippen molar-refractivity contribution in [3.8, 4) is 0 Å². The molecular formula is C16H25FIN3. The molecule has 0 bridgehead atoms. The van der Waals surface area contributed by atoms with E-state index in [1.54, 1.807) is 0 Å². The predicted octanol–water partition coefficient (Wildman–Crippen LogP) is 3.52. The SMILES string of the molecule is CC(C)(CN=C(N)N1CCCCC1)c1ccc(F)cc1.I. The van der Waals surface area contributed by atoms with Gasteiger partial charge in [-0.3, -0.25) is 4.99 Å². The van der Waals surface area contributed by atoms with E-state index in [0.29, 0.717) is 12.5 Å². The number of benzene rings is 1. The van der Waals surface area contributed by atoms with Crippen molar-refractivity contribution in [3.63, 3.8) is 0 Å². The Kier molecular flexibility index (Phi) is 6.90. The average molecular weight is 405 g/mol. The minimum atomic E-state index is -0.208. The number of nitrogens with zero attached hydrogens (tertiary/aromatic N) is 2. The zero-order chi connectivity index (χ0) is 14.6. The largest absolute Gasteiger partial charge is 0.370 e. The van der Waals surface area contributed by atoms with Crippen LogP contribution in [0.3, 0.4) is 0 Å². The fourth-order valence-electron chi connectivity index (χ4n) is 2.49. The molecule has 0 amide bonds. The van der Waals surface area contributed by atoms with Crippen molar-refractivity contribution in [2.45, 2.75) is 38.5 Å². The Labute approximate surface area is 143 Å². The van der Waals surface area contributed by atoms with Gasteiger partial charge in [0.25, 0.3) is 0 Å². The second-order valence-electron chi connectivity index (χ2n) is 6.11. The van der Waals surface area contributed by atoms with Gasteiger partial charge in [-0.15, -0.1) is 24.0 Å². The van der Waals surface area contributed by atoms with E-state index < -0.39 is 0 Å². The lowest BCUT2D eigenvalue weighted by molar-refractivity contribution is 0.337. The van der Waals surface area contributed by atoms with Crippen LogP contribution in [0, 0.1) is 5.82 Å². The number of piperidine rings is 1. The summed E-state index contributed by atoms with van der Waals surface area (Å²) in [5, 5.41) is 0. The Hall–Kier alpha value is -0.850. The number of likely N-dealkylation sites (tertiary alicyclic amines) is 1. The highest BCUT2D eigenvalue weighted by atomic mass is 127. The van der Waals surface area contributed by atoms with Crippen molar-refractivity contribution >= 4 is 29.9 Å². The van der Waals surface area contributed by atoms with Crippen LogP contribution >= 0.6 is 24.0 Å². The van der Waals surface area contributed by atoms with Crippen LogP contribution in [-0.4, -0.2) is 30.5 Å². The Bertz CT molecular complexity index is 465. The topological polar surface area (TPSA) is 41.6 Å². The summed E-state index contributed by atoms with van der Waals surface area (Å²) in [5.74, 6) is 0.431. The van der Waals surface area contributed by atoms with Crippen molar-refractivity contribution in [1.82, 2.24) is 4.90 Å². The quantitative estimate of drug-likeness (QED) is 0.475. The highest BCUT2D eigenvalue weighted by Crippen LogP contribution is 2.23. The molecule has 3 nitrogen and oxygen atoms in total. The monoisotopic (exact) mass is 405 g/mol. The molecule has 0 unspecified atom stereocenters. The number of halogens is 2. The van der Waals surface area contributed by atoms with Gasteiger partial charge in [0, 0.05) is 18.5 Å². The zero-order valence-corrected chi connectivity index (χ0v) is 15.1. The lowest BCUT2D eigenvalue weighted by Crippen LogP contribution is -2.41. The van der Waals surface area contributed by atoms with Gasteiger partial charge < -0.3 is 10.6 Å². The van der Waals surface area contributed by atoms with Crippen LogP contribution in [0.1, 0.15) is 38.7 Å². The van der Waals surface area contributed by atoms with E-state index in [0.717, 1.165) is 18.7 Å². The summed E-state index contributed by atoms with van der Waals surface area (Å²) in [4.78, 5) is 6.70. The van der Waals surface area contributed by atoms with Gasteiger partial charge in [0.05, 0.1) is 6.54 Å². The van der Waals surface area contributed by atoms with Crippen molar-refractivity contribution in [3.05, 3.63) is 35.6 Å². The van der Waals surface area contributed by atoms with Crippen LogP contribution in [0.5, 0.6) is 0 Å². The molecule has 21 heavy (non-hydrogen) atoms. The van der Waals surface area contributed by atoms with E-state index in [1.165, 1.54) is 31.4 Å². The predicted molar refractivity (Wildman–Crippen MR) is 96.8 cm³/mol. The van der Waals surface area contributed by atoms with Gasteiger partial charge in [-0.05, 0) is 37.0 Å².